The third kappa shape index (κ3) is 2.55. The van der Waals surface area contributed by atoms with Gasteiger partial charge >= 0.3 is 0 Å². The average molecular weight is 324 g/mol. The lowest BCUT2D eigenvalue weighted by atomic mass is 10.0. The van der Waals surface area contributed by atoms with Crippen molar-refractivity contribution in [1.29, 1.82) is 0 Å². The van der Waals surface area contributed by atoms with Gasteiger partial charge < -0.3 is 9.47 Å². The van der Waals surface area contributed by atoms with E-state index in [-0.39, 0.29) is 5.91 Å². The number of nitrogens with one attached hydrogen (secondary N) is 1. The molecule has 124 valence electrons. The van der Waals surface area contributed by atoms with Crippen molar-refractivity contribution in [2.75, 3.05) is 13.1 Å². The van der Waals surface area contributed by atoms with E-state index in [1.54, 1.807) is 6.07 Å². The van der Waals surface area contributed by atoms with Crippen LogP contribution in [0.3, 0.4) is 0 Å². The fraction of sp³-hybridized carbons (Fsp3) is 0.412. The lowest BCUT2D eigenvalue weighted by molar-refractivity contribution is 0.0678. The molecule has 1 aliphatic heterocycles. The fourth-order valence-electron chi connectivity index (χ4n) is 3.47. The molecule has 1 aromatic carbocycles. The molecule has 1 saturated heterocycles. The van der Waals surface area contributed by atoms with Gasteiger partial charge in [-0.2, -0.15) is 15.4 Å². The van der Waals surface area contributed by atoms with Crippen molar-refractivity contribution in [2.24, 2.45) is 0 Å². The van der Waals surface area contributed by atoms with E-state index in [1.165, 1.54) is 0 Å². The second kappa shape index (κ2) is 6.07. The van der Waals surface area contributed by atoms with Crippen LogP contribution in [-0.4, -0.2) is 48.9 Å². The number of carbonyl (C=O) groups is 1. The van der Waals surface area contributed by atoms with E-state index in [0.29, 0.717) is 11.6 Å². The van der Waals surface area contributed by atoms with Gasteiger partial charge in [-0.25, -0.2) is 4.98 Å². The van der Waals surface area contributed by atoms with Crippen LogP contribution in [0.15, 0.2) is 30.6 Å². The SMILES string of the molecule is CCc1nccn1[C@H]1CCCN(C(=O)c2ccc3n[nH]nc3c2)C1. The molecule has 1 atom stereocenters. The lowest BCUT2D eigenvalue weighted by Crippen LogP contribution is -2.40. The van der Waals surface area contributed by atoms with Crippen LogP contribution in [0.4, 0.5) is 0 Å². The number of nitrogens with zero attached hydrogens (tertiary/aromatic N) is 5. The number of imidazole rings is 1. The minimum atomic E-state index is 0.0581. The molecule has 0 aliphatic carbocycles. The molecule has 1 fully saturated rings. The van der Waals surface area contributed by atoms with E-state index in [4.69, 9.17) is 0 Å². The normalized spacial score (nSPS) is 18.2. The lowest BCUT2D eigenvalue weighted by Gasteiger charge is -2.34. The third-order valence-electron chi connectivity index (χ3n) is 4.71. The zero-order chi connectivity index (χ0) is 16.5. The van der Waals surface area contributed by atoms with Crippen molar-refractivity contribution in [1.82, 2.24) is 29.9 Å². The van der Waals surface area contributed by atoms with Gasteiger partial charge in [0.25, 0.3) is 5.91 Å². The number of piperidine rings is 1. The number of hydrogen-bond donors (Lipinski definition) is 1. The summed E-state index contributed by atoms with van der Waals surface area (Å²) in [7, 11) is 0. The smallest absolute Gasteiger partial charge is 0.254 e. The van der Waals surface area contributed by atoms with Crippen LogP contribution < -0.4 is 0 Å². The zero-order valence-electron chi connectivity index (χ0n) is 13.6. The van der Waals surface area contributed by atoms with Crippen molar-refractivity contribution in [2.45, 2.75) is 32.2 Å². The maximum absolute atomic E-state index is 12.9. The standard InChI is InChI=1S/C17H20N6O/c1-2-16-18-7-9-23(16)13-4-3-8-22(11-13)17(24)12-5-6-14-15(10-12)20-21-19-14/h5-7,9-10,13H,2-4,8,11H2,1H3,(H,19,20,21)/t13-/m0/s1. The highest BCUT2D eigenvalue weighted by atomic mass is 16.2. The van der Waals surface area contributed by atoms with Crippen LogP contribution in [-0.2, 0) is 6.42 Å². The van der Waals surface area contributed by atoms with Gasteiger partial charge in [0.1, 0.15) is 16.9 Å². The molecule has 0 radical (unpaired) electrons. The van der Waals surface area contributed by atoms with Crippen molar-refractivity contribution in [3.05, 3.63) is 42.0 Å². The molecule has 0 unspecified atom stereocenters. The molecular formula is C17H20N6O. The minimum absolute atomic E-state index is 0.0581. The summed E-state index contributed by atoms with van der Waals surface area (Å²) in [6.07, 6.45) is 6.86. The summed E-state index contributed by atoms with van der Waals surface area (Å²) in [6, 6.07) is 5.76. The second-order valence-corrected chi connectivity index (χ2v) is 6.18. The molecule has 0 spiro atoms. The molecule has 0 bridgehead atoms. The molecule has 1 N–H and O–H groups in total. The largest absolute Gasteiger partial charge is 0.337 e. The maximum Gasteiger partial charge on any atom is 0.254 e. The number of fused-ring (bicyclic) bond motifs is 1. The number of carbonyl (C=O) groups excluding carboxylic acids is 1. The Labute approximate surface area is 139 Å². The first-order valence-corrected chi connectivity index (χ1v) is 8.37. The molecule has 3 aromatic rings. The van der Waals surface area contributed by atoms with Crippen LogP contribution in [0.1, 0.15) is 42.0 Å². The highest BCUT2D eigenvalue weighted by Gasteiger charge is 2.26. The molecule has 7 heteroatoms. The Morgan fingerprint density at radius 2 is 2.21 bits per heavy atom. The Hall–Kier alpha value is -2.70. The number of aromatic nitrogens is 5. The Kier molecular flexibility index (Phi) is 3.76. The predicted molar refractivity (Wildman–Crippen MR) is 89.7 cm³/mol. The number of hydrogen-bond acceptors (Lipinski definition) is 4. The molecular weight excluding hydrogens is 304 g/mol. The predicted octanol–water partition coefficient (Wildman–Crippen LogP) is 2.19. The average Bonchev–Trinajstić information content (AvgIpc) is 3.29. The van der Waals surface area contributed by atoms with E-state index < -0.39 is 0 Å². The second-order valence-electron chi connectivity index (χ2n) is 6.18. The maximum atomic E-state index is 12.9. The minimum Gasteiger partial charge on any atom is -0.337 e. The number of aromatic amines is 1. The Morgan fingerprint density at radius 1 is 1.33 bits per heavy atom. The molecule has 24 heavy (non-hydrogen) atoms. The zero-order valence-corrected chi connectivity index (χ0v) is 13.6. The quantitative estimate of drug-likeness (QED) is 0.801. The molecule has 3 heterocycles. The van der Waals surface area contributed by atoms with Crippen LogP contribution in [0, 0.1) is 0 Å². The molecule has 2 aromatic heterocycles. The van der Waals surface area contributed by atoms with Crippen LogP contribution in [0.5, 0.6) is 0 Å². The van der Waals surface area contributed by atoms with E-state index >= 15 is 0 Å². The molecule has 1 aliphatic rings. The van der Waals surface area contributed by atoms with Crippen molar-refractivity contribution in [3.63, 3.8) is 0 Å². The number of amides is 1. The first-order chi connectivity index (χ1) is 11.8. The summed E-state index contributed by atoms with van der Waals surface area (Å²) in [5, 5.41) is 10.7. The molecule has 4 rings (SSSR count). The fourth-order valence-corrected chi connectivity index (χ4v) is 3.47. The van der Waals surface area contributed by atoms with E-state index in [2.05, 4.69) is 31.9 Å². The van der Waals surface area contributed by atoms with Gasteiger partial charge in [-0.15, -0.1) is 0 Å². The van der Waals surface area contributed by atoms with Crippen molar-refractivity contribution < 1.29 is 4.79 Å². The van der Waals surface area contributed by atoms with Crippen LogP contribution in [0.2, 0.25) is 0 Å². The van der Waals surface area contributed by atoms with Gasteiger partial charge in [0, 0.05) is 37.5 Å². The highest BCUT2D eigenvalue weighted by molar-refractivity contribution is 5.97. The Morgan fingerprint density at radius 3 is 3.08 bits per heavy atom. The van der Waals surface area contributed by atoms with Crippen LogP contribution >= 0.6 is 0 Å². The molecule has 7 nitrogen and oxygen atoms in total. The van der Waals surface area contributed by atoms with Gasteiger partial charge in [-0.05, 0) is 31.0 Å². The van der Waals surface area contributed by atoms with Crippen LogP contribution in [0.25, 0.3) is 11.0 Å². The summed E-state index contributed by atoms with van der Waals surface area (Å²) >= 11 is 0. The molecule has 1 amide bonds. The summed E-state index contributed by atoms with van der Waals surface area (Å²) < 4.78 is 2.22. The van der Waals surface area contributed by atoms with E-state index in [0.717, 1.165) is 49.2 Å². The first-order valence-electron chi connectivity index (χ1n) is 8.37. The number of H-pyrrole nitrogens is 1. The first kappa shape index (κ1) is 14.9. The number of benzene rings is 1. The van der Waals surface area contributed by atoms with Gasteiger partial charge in [0.2, 0.25) is 0 Å². The Balaban J connectivity index is 1.55. The number of likely N-dealkylation sites (tertiary alicyclic amines) is 1. The summed E-state index contributed by atoms with van der Waals surface area (Å²) in [5.41, 5.74) is 2.16. The van der Waals surface area contributed by atoms with E-state index in [1.807, 2.05) is 29.4 Å². The number of rotatable bonds is 3. The topological polar surface area (TPSA) is 79.7 Å². The van der Waals surface area contributed by atoms with Gasteiger partial charge in [-0.3, -0.25) is 4.79 Å². The summed E-state index contributed by atoms with van der Waals surface area (Å²) in [4.78, 5) is 19.2. The Bertz CT molecular complexity index is 867. The summed E-state index contributed by atoms with van der Waals surface area (Å²) in [6.45, 7) is 3.62. The van der Waals surface area contributed by atoms with E-state index in [9.17, 15) is 4.79 Å². The van der Waals surface area contributed by atoms with Gasteiger partial charge in [-0.1, -0.05) is 6.92 Å². The monoisotopic (exact) mass is 324 g/mol. The van der Waals surface area contributed by atoms with Gasteiger partial charge in [0.15, 0.2) is 0 Å². The third-order valence-corrected chi connectivity index (χ3v) is 4.71. The van der Waals surface area contributed by atoms with Crippen molar-refractivity contribution >= 4 is 16.9 Å². The number of aryl methyl sites for hydroxylation is 1. The summed E-state index contributed by atoms with van der Waals surface area (Å²) in [5.74, 6) is 1.14. The highest BCUT2D eigenvalue weighted by Crippen LogP contribution is 2.24. The molecule has 0 saturated carbocycles. The van der Waals surface area contributed by atoms with Gasteiger partial charge in [0.05, 0.1) is 6.04 Å². The van der Waals surface area contributed by atoms with Crippen molar-refractivity contribution in [3.8, 4) is 0 Å².